The fourth-order valence-electron chi connectivity index (χ4n) is 2.85. The number of carbonyl (C=O) groups is 1. The lowest BCUT2D eigenvalue weighted by Crippen LogP contribution is -2.46. The predicted molar refractivity (Wildman–Crippen MR) is 78.3 cm³/mol. The highest BCUT2D eigenvalue weighted by Crippen LogP contribution is 2.22. The van der Waals surface area contributed by atoms with Crippen LogP contribution in [0.15, 0.2) is 24.4 Å². The quantitative estimate of drug-likeness (QED) is 0.889. The smallest absolute Gasteiger partial charge is 0.227 e. The van der Waals surface area contributed by atoms with Crippen LogP contribution in [0.5, 0.6) is 0 Å². The predicted octanol–water partition coefficient (Wildman–Crippen LogP) is 2.08. The van der Waals surface area contributed by atoms with Crippen LogP contribution in [0.1, 0.15) is 18.9 Å². The number of aromatic amines is 1. The zero-order valence-corrected chi connectivity index (χ0v) is 12.0. The molecule has 4 nitrogen and oxygen atoms in total. The summed E-state index contributed by atoms with van der Waals surface area (Å²) < 4.78 is 13.3. The van der Waals surface area contributed by atoms with E-state index in [2.05, 4.69) is 4.98 Å². The molecule has 1 amide bonds. The molecular weight excluding hydrogens is 271 g/mol. The Bertz CT molecular complexity index is 667. The molecule has 2 N–H and O–H groups in total. The summed E-state index contributed by atoms with van der Waals surface area (Å²) in [6.07, 6.45) is 2.34. The number of rotatable bonds is 2. The number of carbonyl (C=O) groups excluding carboxylic acids is 1. The number of H-pyrrole nitrogens is 1. The Morgan fingerprint density at radius 3 is 3.10 bits per heavy atom. The first-order valence-electron chi connectivity index (χ1n) is 7.26. The Labute approximate surface area is 122 Å². The fourth-order valence-corrected chi connectivity index (χ4v) is 2.85. The molecule has 1 fully saturated rings. The zero-order valence-electron chi connectivity index (χ0n) is 12.0. The van der Waals surface area contributed by atoms with Crippen molar-refractivity contribution in [2.24, 2.45) is 5.92 Å². The summed E-state index contributed by atoms with van der Waals surface area (Å²) in [5.41, 5.74) is 1.62. The third kappa shape index (κ3) is 2.78. The van der Waals surface area contributed by atoms with Gasteiger partial charge in [-0.3, -0.25) is 4.79 Å². The minimum absolute atomic E-state index is 0.0221. The molecule has 21 heavy (non-hydrogen) atoms. The number of nitrogens with zero attached hydrogens (tertiary/aromatic N) is 1. The lowest BCUT2D eigenvalue weighted by atomic mass is 9.95. The number of fused-ring (bicyclic) bond motifs is 1. The van der Waals surface area contributed by atoms with Crippen LogP contribution in [-0.4, -0.2) is 40.1 Å². The monoisotopic (exact) mass is 290 g/mol. The number of hydrogen-bond donors (Lipinski definition) is 2. The molecule has 1 saturated heterocycles. The largest absolute Gasteiger partial charge is 0.391 e. The van der Waals surface area contributed by atoms with E-state index in [0.29, 0.717) is 13.1 Å². The molecule has 2 unspecified atom stereocenters. The summed E-state index contributed by atoms with van der Waals surface area (Å²) >= 11 is 0. The fraction of sp³-hybridized carbons (Fsp3) is 0.438. The molecule has 2 heterocycles. The van der Waals surface area contributed by atoms with E-state index in [1.165, 1.54) is 12.1 Å². The lowest BCUT2D eigenvalue weighted by molar-refractivity contribution is -0.134. The second-order valence-electron chi connectivity index (χ2n) is 5.85. The van der Waals surface area contributed by atoms with E-state index in [9.17, 15) is 14.3 Å². The van der Waals surface area contributed by atoms with Gasteiger partial charge in [0.1, 0.15) is 5.82 Å². The first-order valence-corrected chi connectivity index (χ1v) is 7.26. The molecule has 0 radical (unpaired) electrons. The first kappa shape index (κ1) is 14.1. The minimum Gasteiger partial charge on any atom is -0.391 e. The highest BCUT2D eigenvalue weighted by Gasteiger charge is 2.27. The van der Waals surface area contributed by atoms with E-state index in [4.69, 9.17) is 0 Å². The van der Waals surface area contributed by atoms with Gasteiger partial charge in [0.15, 0.2) is 0 Å². The second-order valence-corrected chi connectivity index (χ2v) is 5.85. The average Bonchev–Trinajstić information content (AvgIpc) is 2.84. The Morgan fingerprint density at radius 2 is 2.33 bits per heavy atom. The number of piperidine rings is 1. The van der Waals surface area contributed by atoms with Crippen molar-refractivity contribution in [3.63, 3.8) is 0 Å². The van der Waals surface area contributed by atoms with Gasteiger partial charge in [-0.25, -0.2) is 4.39 Å². The SMILES string of the molecule is CC1CCN(C(=O)Cc2c[nH]c3ccc(F)cc23)CC1O. The number of benzene rings is 1. The molecule has 1 aromatic heterocycles. The summed E-state index contributed by atoms with van der Waals surface area (Å²) in [6.45, 7) is 3.05. The van der Waals surface area contributed by atoms with Crippen molar-refractivity contribution in [2.45, 2.75) is 25.9 Å². The Balaban J connectivity index is 1.76. The van der Waals surface area contributed by atoms with Gasteiger partial charge in [-0.1, -0.05) is 6.92 Å². The van der Waals surface area contributed by atoms with Gasteiger partial charge in [0.25, 0.3) is 0 Å². The number of amides is 1. The van der Waals surface area contributed by atoms with Gasteiger partial charge < -0.3 is 15.0 Å². The summed E-state index contributed by atoms with van der Waals surface area (Å²) in [5.74, 6) is -0.0969. The molecule has 112 valence electrons. The first-order chi connectivity index (χ1) is 10.0. The van der Waals surface area contributed by atoms with Gasteiger partial charge in [-0.15, -0.1) is 0 Å². The Hall–Kier alpha value is -1.88. The second kappa shape index (κ2) is 5.48. The van der Waals surface area contributed by atoms with Crippen molar-refractivity contribution in [3.05, 3.63) is 35.8 Å². The van der Waals surface area contributed by atoms with Crippen LogP contribution >= 0.6 is 0 Å². The van der Waals surface area contributed by atoms with Crippen molar-refractivity contribution in [1.29, 1.82) is 0 Å². The molecule has 5 heteroatoms. The van der Waals surface area contributed by atoms with Crippen LogP contribution < -0.4 is 0 Å². The number of aliphatic hydroxyl groups is 1. The maximum Gasteiger partial charge on any atom is 0.227 e. The summed E-state index contributed by atoms with van der Waals surface area (Å²) in [6, 6.07) is 4.51. The van der Waals surface area contributed by atoms with Gasteiger partial charge in [0, 0.05) is 30.2 Å². The number of halogens is 1. The zero-order chi connectivity index (χ0) is 15.0. The number of aromatic nitrogens is 1. The summed E-state index contributed by atoms with van der Waals surface area (Å²) in [7, 11) is 0. The molecule has 0 spiro atoms. The summed E-state index contributed by atoms with van der Waals surface area (Å²) in [4.78, 5) is 17.1. The van der Waals surface area contributed by atoms with E-state index in [1.807, 2.05) is 6.92 Å². The molecule has 1 aromatic carbocycles. The van der Waals surface area contributed by atoms with Crippen molar-refractivity contribution >= 4 is 16.8 Å². The standard InChI is InChI=1S/C16H19FN2O2/c1-10-4-5-19(9-15(10)20)16(21)6-11-8-18-14-3-2-12(17)7-13(11)14/h2-3,7-8,10,15,18,20H,4-6,9H2,1H3. The maximum atomic E-state index is 13.3. The van der Waals surface area contributed by atoms with Crippen LogP contribution in [0, 0.1) is 11.7 Å². The Morgan fingerprint density at radius 1 is 1.52 bits per heavy atom. The normalized spacial score (nSPS) is 22.7. The van der Waals surface area contributed by atoms with Crippen molar-refractivity contribution < 1.29 is 14.3 Å². The maximum absolute atomic E-state index is 13.3. The highest BCUT2D eigenvalue weighted by molar-refractivity contribution is 5.89. The number of hydrogen-bond acceptors (Lipinski definition) is 2. The summed E-state index contributed by atoms with van der Waals surface area (Å²) in [5, 5.41) is 10.6. The number of likely N-dealkylation sites (tertiary alicyclic amines) is 1. The van der Waals surface area contributed by atoms with Crippen molar-refractivity contribution in [1.82, 2.24) is 9.88 Å². The van der Waals surface area contributed by atoms with E-state index < -0.39 is 6.10 Å². The van der Waals surface area contributed by atoms with E-state index in [-0.39, 0.29) is 24.1 Å². The minimum atomic E-state index is -0.455. The van der Waals surface area contributed by atoms with E-state index >= 15 is 0 Å². The van der Waals surface area contributed by atoms with Gasteiger partial charge in [-0.2, -0.15) is 0 Å². The number of nitrogens with one attached hydrogen (secondary N) is 1. The van der Waals surface area contributed by atoms with Gasteiger partial charge in [-0.05, 0) is 36.1 Å². The molecule has 1 aliphatic heterocycles. The van der Waals surface area contributed by atoms with Gasteiger partial charge in [0.05, 0.1) is 12.5 Å². The third-order valence-electron chi connectivity index (χ3n) is 4.34. The molecule has 2 aromatic rings. The molecule has 0 aliphatic carbocycles. The van der Waals surface area contributed by atoms with E-state index in [1.54, 1.807) is 17.2 Å². The number of β-amino-alcohol motifs (C(OH)–C–C–N with tert-alkyl or cyclic N) is 1. The van der Waals surface area contributed by atoms with Crippen LogP contribution in [-0.2, 0) is 11.2 Å². The van der Waals surface area contributed by atoms with E-state index in [0.717, 1.165) is 22.9 Å². The molecule has 0 bridgehead atoms. The molecule has 3 rings (SSSR count). The lowest BCUT2D eigenvalue weighted by Gasteiger charge is -2.34. The van der Waals surface area contributed by atoms with Crippen molar-refractivity contribution in [3.8, 4) is 0 Å². The topological polar surface area (TPSA) is 56.3 Å². The molecular formula is C16H19FN2O2. The Kier molecular flexibility index (Phi) is 3.68. The van der Waals surface area contributed by atoms with Crippen LogP contribution in [0.3, 0.4) is 0 Å². The van der Waals surface area contributed by atoms with Gasteiger partial charge >= 0.3 is 0 Å². The molecule has 1 aliphatic rings. The number of aliphatic hydroxyl groups excluding tert-OH is 1. The van der Waals surface area contributed by atoms with Gasteiger partial charge in [0.2, 0.25) is 5.91 Å². The third-order valence-corrected chi connectivity index (χ3v) is 4.34. The highest BCUT2D eigenvalue weighted by atomic mass is 19.1. The molecule has 0 saturated carbocycles. The van der Waals surface area contributed by atoms with Crippen LogP contribution in [0.25, 0.3) is 10.9 Å². The average molecular weight is 290 g/mol. The van der Waals surface area contributed by atoms with Crippen LogP contribution in [0.4, 0.5) is 4.39 Å². The molecule has 2 atom stereocenters. The van der Waals surface area contributed by atoms with Crippen molar-refractivity contribution in [2.75, 3.05) is 13.1 Å². The van der Waals surface area contributed by atoms with Crippen LogP contribution in [0.2, 0.25) is 0 Å².